The van der Waals surface area contributed by atoms with Crippen LogP contribution in [0.5, 0.6) is 0 Å². The summed E-state index contributed by atoms with van der Waals surface area (Å²) in [6, 6.07) is 0. The van der Waals surface area contributed by atoms with Crippen LogP contribution in [-0.4, -0.2) is 12.6 Å². The van der Waals surface area contributed by atoms with E-state index in [-0.39, 0.29) is 11.4 Å². The zero-order valence-corrected chi connectivity index (χ0v) is 9.43. The summed E-state index contributed by atoms with van der Waals surface area (Å²) >= 11 is 0. The molecule has 1 aliphatic rings. The fourth-order valence-corrected chi connectivity index (χ4v) is 1.98. The van der Waals surface area contributed by atoms with E-state index in [1.54, 1.807) is 6.08 Å². The molecular weight excluding hydrogens is 176 g/mol. The Kier molecular flexibility index (Phi) is 3.73. The Morgan fingerprint density at radius 3 is 2.79 bits per heavy atom. The fraction of sp³-hybridized carbons (Fsp3) is 0.750. The quantitative estimate of drug-likeness (QED) is 0.501. The molecule has 2 nitrogen and oxygen atoms in total. The van der Waals surface area contributed by atoms with Gasteiger partial charge in [-0.1, -0.05) is 25.8 Å². The number of ether oxygens (including phenoxy) is 1. The average molecular weight is 196 g/mol. The second-order valence-corrected chi connectivity index (χ2v) is 4.51. The van der Waals surface area contributed by atoms with Gasteiger partial charge in [0.15, 0.2) is 0 Å². The van der Waals surface area contributed by atoms with Gasteiger partial charge in [0.05, 0.1) is 6.61 Å². The van der Waals surface area contributed by atoms with E-state index in [9.17, 15) is 4.79 Å². The van der Waals surface area contributed by atoms with Crippen LogP contribution in [0.3, 0.4) is 0 Å². The first-order valence-corrected chi connectivity index (χ1v) is 5.44. The highest BCUT2D eigenvalue weighted by Crippen LogP contribution is 2.39. The molecular formula is C12H20O2. The van der Waals surface area contributed by atoms with E-state index in [1.165, 1.54) is 24.8 Å². The summed E-state index contributed by atoms with van der Waals surface area (Å²) in [5, 5.41) is 0. The van der Waals surface area contributed by atoms with Gasteiger partial charge in [0.25, 0.3) is 0 Å². The number of carbonyl (C=O) groups excluding carboxylic acids is 1. The van der Waals surface area contributed by atoms with E-state index in [0.29, 0.717) is 6.61 Å². The SMILES string of the molecule is CCOC(=O)C=C1CCCCC1(C)C. The lowest BCUT2D eigenvalue weighted by Crippen LogP contribution is -2.20. The second-order valence-electron chi connectivity index (χ2n) is 4.51. The molecule has 0 bridgehead atoms. The molecule has 0 saturated heterocycles. The van der Waals surface area contributed by atoms with Crippen molar-refractivity contribution in [2.24, 2.45) is 5.41 Å². The Morgan fingerprint density at radius 2 is 2.21 bits per heavy atom. The molecule has 1 aliphatic carbocycles. The molecule has 1 rings (SSSR count). The number of esters is 1. The van der Waals surface area contributed by atoms with E-state index in [0.717, 1.165) is 6.42 Å². The topological polar surface area (TPSA) is 26.3 Å². The maximum atomic E-state index is 11.3. The van der Waals surface area contributed by atoms with Gasteiger partial charge in [0.2, 0.25) is 0 Å². The summed E-state index contributed by atoms with van der Waals surface area (Å²) in [6.07, 6.45) is 6.40. The minimum Gasteiger partial charge on any atom is -0.463 e. The van der Waals surface area contributed by atoms with E-state index in [2.05, 4.69) is 13.8 Å². The molecule has 0 spiro atoms. The fourth-order valence-electron chi connectivity index (χ4n) is 1.98. The Labute approximate surface area is 86.3 Å². The molecule has 0 amide bonds. The molecule has 0 unspecified atom stereocenters. The largest absolute Gasteiger partial charge is 0.463 e. The molecule has 0 aliphatic heterocycles. The van der Waals surface area contributed by atoms with Crippen molar-refractivity contribution in [1.29, 1.82) is 0 Å². The highest BCUT2D eigenvalue weighted by molar-refractivity contribution is 5.83. The molecule has 14 heavy (non-hydrogen) atoms. The lowest BCUT2D eigenvalue weighted by Gasteiger charge is -2.32. The summed E-state index contributed by atoms with van der Waals surface area (Å²) in [6.45, 7) is 6.71. The van der Waals surface area contributed by atoms with Crippen LogP contribution >= 0.6 is 0 Å². The summed E-state index contributed by atoms with van der Waals surface area (Å²) in [5.74, 6) is -0.183. The number of hydrogen-bond acceptors (Lipinski definition) is 2. The van der Waals surface area contributed by atoms with Crippen LogP contribution < -0.4 is 0 Å². The average Bonchev–Trinajstić information content (AvgIpc) is 2.09. The molecule has 0 aromatic rings. The second kappa shape index (κ2) is 4.63. The Balaban J connectivity index is 2.68. The monoisotopic (exact) mass is 196 g/mol. The minimum atomic E-state index is -0.183. The van der Waals surface area contributed by atoms with Gasteiger partial charge in [0.1, 0.15) is 0 Å². The van der Waals surface area contributed by atoms with E-state index in [4.69, 9.17) is 4.74 Å². The first kappa shape index (κ1) is 11.3. The van der Waals surface area contributed by atoms with Crippen LogP contribution in [0.1, 0.15) is 46.5 Å². The molecule has 0 N–H and O–H groups in total. The van der Waals surface area contributed by atoms with Crippen LogP contribution in [0.25, 0.3) is 0 Å². The standard InChI is InChI=1S/C12H20O2/c1-4-14-11(13)9-10-7-5-6-8-12(10,2)3/h9H,4-8H2,1-3H3. The molecule has 0 radical (unpaired) electrons. The van der Waals surface area contributed by atoms with Crippen molar-refractivity contribution < 1.29 is 9.53 Å². The van der Waals surface area contributed by atoms with Crippen molar-refractivity contribution in [3.05, 3.63) is 11.6 Å². The summed E-state index contributed by atoms with van der Waals surface area (Å²) < 4.78 is 4.92. The zero-order chi connectivity index (χ0) is 10.6. The molecule has 0 atom stereocenters. The van der Waals surface area contributed by atoms with Crippen LogP contribution in [0.2, 0.25) is 0 Å². The van der Waals surface area contributed by atoms with Gasteiger partial charge in [-0.15, -0.1) is 0 Å². The Morgan fingerprint density at radius 1 is 1.50 bits per heavy atom. The first-order chi connectivity index (χ1) is 6.56. The summed E-state index contributed by atoms with van der Waals surface area (Å²) in [5.41, 5.74) is 1.44. The van der Waals surface area contributed by atoms with E-state index < -0.39 is 0 Å². The molecule has 1 saturated carbocycles. The van der Waals surface area contributed by atoms with Crippen molar-refractivity contribution in [2.75, 3.05) is 6.61 Å². The van der Waals surface area contributed by atoms with Gasteiger partial charge in [-0.2, -0.15) is 0 Å². The van der Waals surface area contributed by atoms with Crippen LogP contribution in [0, 0.1) is 5.41 Å². The Hall–Kier alpha value is -0.790. The molecule has 0 heterocycles. The Bertz CT molecular complexity index is 239. The lowest BCUT2D eigenvalue weighted by molar-refractivity contribution is -0.137. The molecule has 0 aromatic carbocycles. The predicted octanol–water partition coefficient (Wildman–Crippen LogP) is 3.08. The molecule has 1 fully saturated rings. The van der Waals surface area contributed by atoms with Gasteiger partial charge < -0.3 is 4.74 Å². The normalized spacial score (nSPS) is 23.5. The highest BCUT2D eigenvalue weighted by Gasteiger charge is 2.26. The minimum absolute atomic E-state index is 0.183. The third-order valence-corrected chi connectivity index (χ3v) is 2.95. The predicted molar refractivity (Wildman–Crippen MR) is 57.0 cm³/mol. The first-order valence-electron chi connectivity index (χ1n) is 5.44. The third-order valence-electron chi connectivity index (χ3n) is 2.95. The lowest BCUT2D eigenvalue weighted by atomic mass is 9.73. The van der Waals surface area contributed by atoms with Gasteiger partial charge in [-0.3, -0.25) is 0 Å². The van der Waals surface area contributed by atoms with Crippen molar-refractivity contribution in [3.63, 3.8) is 0 Å². The van der Waals surface area contributed by atoms with Crippen LogP contribution in [0.15, 0.2) is 11.6 Å². The van der Waals surface area contributed by atoms with Gasteiger partial charge in [-0.05, 0) is 31.6 Å². The van der Waals surface area contributed by atoms with Gasteiger partial charge in [-0.25, -0.2) is 4.79 Å². The number of allylic oxidation sites excluding steroid dienone is 1. The maximum Gasteiger partial charge on any atom is 0.330 e. The van der Waals surface area contributed by atoms with Crippen LogP contribution in [0.4, 0.5) is 0 Å². The number of hydrogen-bond donors (Lipinski definition) is 0. The highest BCUT2D eigenvalue weighted by atomic mass is 16.5. The number of carbonyl (C=O) groups is 1. The van der Waals surface area contributed by atoms with Crippen molar-refractivity contribution in [3.8, 4) is 0 Å². The molecule has 2 heteroatoms. The van der Waals surface area contributed by atoms with Gasteiger partial charge in [0, 0.05) is 6.08 Å². The summed E-state index contributed by atoms with van der Waals surface area (Å²) in [7, 11) is 0. The zero-order valence-electron chi connectivity index (χ0n) is 9.43. The molecule has 0 aromatic heterocycles. The van der Waals surface area contributed by atoms with Crippen molar-refractivity contribution >= 4 is 5.97 Å². The smallest absolute Gasteiger partial charge is 0.330 e. The van der Waals surface area contributed by atoms with Crippen LogP contribution in [-0.2, 0) is 9.53 Å². The maximum absolute atomic E-state index is 11.3. The third kappa shape index (κ3) is 2.86. The van der Waals surface area contributed by atoms with E-state index >= 15 is 0 Å². The van der Waals surface area contributed by atoms with Crippen molar-refractivity contribution in [2.45, 2.75) is 46.5 Å². The summed E-state index contributed by atoms with van der Waals surface area (Å²) in [4.78, 5) is 11.3. The van der Waals surface area contributed by atoms with Crippen molar-refractivity contribution in [1.82, 2.24) is 0 Å². The number of rotatable bonds is 2. The molecule has 80 valence electrons. The van der Waals surface area contributed by atoms with Gasteiger partial charge >= 0.3 is 5.97 Å². The van der Waals surface area contributed by atoms with E-state index in [1.807, 2.05) is 6.92 Å².